The van der Waals surface area contributed by atoms with E-state index in [-0.39, 0.29) is 0 Å². The lowest BCUT2D eigenvalue weighted by Crippen LogP contribution is -2.30. The van der Waals surface area contributed by atoms with Gasteiger partial charge >= 0.3 is 0 Å². The second kappa shape index (κ2) is 3.19. The van der Waals surface area contributed by atoms with Crippen molar-refractivity contribution >= 4 is 5.69 Å². The summed E-state index contributed by atoms with van der Waals surface area (Å²) >= 11 is 0. The molecule has 0 bridgehead atoms. The fourth-order valence-electron chi connectivity index (χ4n) is 1.91. The van der Waals surface area contributed by atoms with Gasteiger partial charge in [-0.2, -0.15) is 0 Å². The summed E-state index contributed by atoms with van der Waals surface area (Å²) in [5.41, 5.74) is 2.98. The van der Waals surface area contributed by atoms with E-state index < -0.39 is 0 Å². The van der Waals surface area contributed by atoms with E-state index in [1.807, 2.05) is 6.07 Å². The molecule has 1 N–H and O–H groups in total. The topological polar surface area (TPSA) is 21.3 Å². The minimum absolute atomic E-state index is 0.363. The molecular weight excluding hydrogens is 174 g/mol. The summed E-state index contributed by atoms with van der Waals surface area (Å²) in [4.78, 5) is 0. The largest absolute Gasteiger partial charge is 0.497 e. The fourth-order valence-corrected chi connectivity index (χ4v) is 1.91. The first-order chi connectivity index (χ1) is 6.61. The number of ether oxygens (including phenoxy) is 1. The number of anilines is 1. The molecule has 14 heavy (non-hydrogen) atoms. The van der Waals surface area contributed by atoms with Crippen molar-refractivity contribution in [3.05, 3.63) is 23.8 Å². The lowest BCUT2D eigenvalue weighted by atomic mass is 9.82. The molecule has 1 aromatic rings. The van der Waals surface area contributed by atoms with Gasteiger partial charge in [-0.05, 0) is 23.5 Å². The zero-order valence-corrected chi connectivity index (χ0v) is 9.05. The van der Waals surface area contributed by atoms with Crippen molar-refractivity contribution in [1.29, 1.82) is 0 Å². The first-order valence-electron chi connectivity index (χ1n) is 5.01. The van der Waals surface area contributed by atoms with E-state index >= 15 is 0 Å². The zero-order chi connectivity index (χ0) is 10.2. The molecule has 0 aromatic heterocycles. The number of fused-ring (bicyclic) bond motifs is 1. The highest BCUT2D eigenvalue weighted by molar-refractivity contribution is 5.57. The van der Waals surface area contributed by atoms with Crippen molar-refractivity contribution in [1.82, 2.24) is 0 Å². The summed E-state index contributed by atoms with van der Waals surface area (Å²) in [6, 6.07) is 6.26. The molecule has 1 aromatic carbocycles. The molecule has 0 fully saturated rings. The Morgan fingerprint density at radius 3 is 2.86 bits per heavy atom. The van der Waals surface area contributed by atoms with Crippen molar-refractivity contribution in [3.8, 4) is 5.75 Å². The van der Waals surface area contributed by atoms with Gasteiger partial charge in [0.05, 0.1) is 7.11 Å². The van der Waals surface area contributed by atoms with Gasteiger partial charge in [0, 0.05) is 18.3 Å². The maximum Gasteiger partial charge on any atom is 0.120 e. The Morgan fingerprint density at radius 2 is 2.14 bits per heavy atom. The van der Waals surface area contributed by atoms with E-state index in [4.69, 9.17) is 4.74 Å². The standard InChI is InChI=1S/C12H17NO/c1-12(2)7-9-4-5-10(14-3)6-11(9)13-8-12/h4-6,13H,7-8H2,1-3H3. The van der Waals surface area contributed by atoms with Gasteiger partial charge in [-0.25, -0.2) is 0 Å². The van der Waals surface area contributed by atoms with E-state index in [0.717, 1.165) is 18.7 Å². The normalized spacial score (nSPS) is 18.2. The van der Waals surface area contributed by atoms with Gasteiger partial charge in [0.25, 0.3) is 0 Å². The average Bonchev–Trinajstić information content (AvgIpc) is 2.16. The Bertz CT molecular complexity index is 344. The SMILES string of the molecule is COc1ccc2c(c1)NCC(C)(C)C2. The minimum Gasteiger partial charge on any atom is -0.497 e. The molecule has 76 valence electrons. The van der Waals surface area contributed by atoms with Crippen LogP contribution in [0.15, 0.2) is 18.2 Å². The van der Waals surface area contributed by atoms with Crippen LogP contribution in [0.5, 0.6) is 5.75 Å². The molecule has 1 aliphatic rings. The number of rotatable bonds is 1. The average molecular weight is 191 g/mol. The molecule has 2 rings (SSSR count). The molecule has 2 nitrogen and oxygen atoms in total. The third-order valence-electron chi connectivity index (χ3n) is 2.74. The van der Waals surface area contributed by atoms with E-state index in [0.29, 0.717) is 5.41 Å². The second-order valence-electron chi connectivity index (χ2n) is 4.72. The molecule has 0 saturated heterocycles. The highest BCUT2D eigenvalue weighted by Gasteiger charge is 2.24. The number of hydrogen-bond donors (Lipinski definition) is 1. The van der Waals surface area contributed by atoms with Crippen LogP contribution in [-0.2, 0) is 6.42 Å². The maximum atomic E-state index is 5.19. The van der Waals surface area contributed by atoms with Crippen LogP contribution >= 0.6 is 0 Å². The predicted octanol–water partition coefficient (Wildman–Crippen LogP) is 2.69. The summed E-state index contributed by atoms with van der Waals surface area (Å²) < 4.78 is 5.19. The van der Waals surface area contributed by atoms with E-state index in [2.05, 4.69) is 31.3 Å². The van der Waals surface area contributed by atoms with Crippen molar-refractivity contribution in [3.63, 3.8) is 0 Å². The first kappa shape index (κ1) is 9.38. The van der Waals surface area contributed by atoms with E-state index in [1.165, 1.54) is 11.3 Å². The predicted molar refractivity (Wildman–Crippen MR) is 59.0 cm³/mol. The van der Waals surface area contributed by atoms with Crippen molar-refractivity contribution < 1.29 is 4.74 Å². The monoisotopic (exact) mass is 191 g/mol. The smallest absolute Gasteiger partial charge is 0.120 e. The molecule has 1 heterocycles. The number of benzene rings is 1. The summed E-state index contributed by atoms with van der Waals surface area (Å²) in [5, 5.41) is 3.45. The number of nitrogens with one attached hydrogen (secondary N) is 1. The summed E-state index contributed by atoms with van der Waals surface area (Å²) in [5.74, 6) is 0.927. The molecular formula is C12H17NO. The Morgan fingerprint density at radius 1 is 1.36 bits per heavy atom. The molecule has 0 unspecified atom stereocenters. The molecule has 0 amide bonds. The molecule has 1 aliphatic heterocycles. The van der Waals surface area contributed by atoms with Gasteiger partial charge in [0.1, 0.15) is 5.75 Å². The van der Waals surface area contributed by atoms with Gasteiger partial charge < -0.3 is 10.1 Å². The Hall–Kier alpha value is -1.18. The molecule has 0 spiro atoms. The van der Waals surface area contributed by atoms with Gasteiger partial charge in [-0.3, -0.25) is 0 Å². The van der Waals surface area contributed by atoms with Crippen LogP contribution in [0.25, 0.3) is 0 Å². The van der Waals surface area contributed by atoms with Crippen LogP contribution in [-0.4, -0.2) is 13.7 Å². The van der Waals surface area contributed by atoms with Crippen molar-refractivity contribution in [2.75, 3.05) is 19.0 Å². The summed E-state index contributed by atoms with van der Waals surface area (Å²) in [6.07, 6.45) is 1.14. The van der Waals surface area contributed by atoms with Crippen LogP contribution in [0.2, 0.25) is 0 Å². The van der Waals surface area contributed by atoms with Crippen molar-refractivity contribution in [2.24, 2.45) is 5.41 Å². The van der Waals surface area contributed by atoms with Gasteiger partial charge in [-0.1, -0.05) is 19.9 Å². The highest BCUT2D eigenvalue weighted by atomic mass is 16.5. The van der Waals surface area contributed by atoms with Crippen LogP contribution < -0.4 is 10.1 Å². The summed E-state index contributed by atoms with van der Waals surface area (Å²) in [7, 11) is 1.70. The Balaban J connectivity index is 2.32. The van der Waals surface area contributed by atoms with Gasteiger partial charge in [0.2, 0.25) is 0 Å². The third-order valence-corrected chi connectivity index (χ3v) is 2.74. The first-order valence-corrected chi connectivity index (χ1v) is 5.01. The Labute approximate surface area is 85.3 Å². The van der Waals surface area contributed by atoms with E-state index in [1.54, 1.807) is 7.11 Å². The van der Waals surface area contributed by atoms with Crippen LogP contribution in [0, 0.1) is 5.41 Å². The van der Waals surface area contributed by atoms with Gasteiger partial charge in [-0.15, -0.1) is 0 Å². The highest BCUT2D eigenvalue weighted by Crippen LogP contribution is 2.33. The molecule has 0 saturated carbocycles. The van der Waals surface area contributed by atoms with Crippen LogP contribution in [0.4, 0.5) is 5.69 Å². The Kier molecular flexibility index (Phi) is 2.14. The fraction of sp³-hybridized carbons (Fsp3) is 0.500. The second-order valence-corrected chi connectivity index (χ2v) is 4.72. The molecule has 0 atom stereocenters. The van der Waals surface area contributed by atoms with Crippen molar-refractivity contribution in [2.45, 2.75) is 20.3 Å². The number of hydrogen-bond acceptors (Lipinski definition) is 2. The summed E-state index contributed by atoms with van der Waals surface area (Å²) in [6.45, 7) is 5.60. The quantitative estimate of drug-likeness (QED) is 0.737. The lowest BCUT2D eigenvalue weighted by molar-refractivity contribution is 0.377. The number of methoxy groups -OCH3 is 1. The lowest BCUT2D eigenvalue weighted by Gasteiger charge is -2.32. The van der Waals surface area contributed by atoms with E-state index in [9.17, 15) is 0 Å². The van der Waals surface area contributed by atoms with Crippen LogP contribution in [0.1, 0.15) is 19.4 Å². The third kappa shape index (κ3) is 1.69. The molecule has 0 aliphatic carbocycles. The zero-order valence-electron chi connectivity index (χ0n) is 9.05. The maximum absolute atomic E-state index is 5.19. The van der Waals surface area contributed by atoms with Gasteiger partial charge in [0.15, 0.2) is 0 Å². The minimum atomic E-state index is 0.363. The molecule has 2 heteroatoms. The molecule has 0 radical (unpaired) electrons. The van der Waals surface area contributed by atoms with Crippen LogP contribution in [0.3, 0.4) is 0 Å².